The monoisotopic (exact) mass is 438 g/mol. The van der Waals surface area contributed by atoms with Gasteiger partial charge in [-0.3, -0.25) is 9.69 Å². The second-order valence-corrected chi connectivity index (χ2v) is 9.42. The first kappa shape index (κ1) is 21.2. The first-order valence-corrected chi connectivity index (χ1v) is 12.1. The van der Waals surface area contributed by atoms with Gasteiger partial charge in [0.25, 0.3) is 5.91 Å². The standard InChI is InChI=1S/C24H34N6O2/c1-18-23(27-32-26-18)30-16-14-29(15-17-30)22-10-12-28(13-11-22)21-8-6-19(7-9-21)24(31)25-20-4-2-3-5-20/h6-9,20,22H,2-5,10-17H2,1H3,(H,25,31). The lowest BCUT2D eigenvalue weighted by atomic mass is 10.0. The number of carbonyl (C=O) groups excluding carboxylic acids is 1. The summed E-state index contributed by atoms with van der Waals surface area (Å²) in [5.41, 5.74) is 2.86. The number of amides is 1. The molecular weight excluding hydrogens is 404 g/mol. The van der Waals surface area contributed by atoms with Crippen molar-refractivity contribution in [2.24, 2.45) is 0 Å². The number of nitrogens with one attached hydrogen (secondary N) is 1. The first-order chi connectivity index (χ1) is 15.7. The van der Waals surface area contributed by atoms with Crippen LogP contribution in [0.4, 0.5) is 11.5 Å². The number of hydrogen-bond donors (Lipinski definition) is 1. The fraction of sp³-hybridized carbons (Fsp3) is 0.625. The van der Waals surface area contributed by atoms with Crippen molar-refractivity contribution >= 4 is 17.4 Å². The number of nitrogens with zero attached hydrogens (tertiary/aromatic N) is 5. The van der Waals surface area contributed by atoms with Gasteiger partial charge in [0.05, 0.1) is 0 Å². The molecule has 1 saturated carbocycles. The molecule has 1 aliphatic carbocycles. The van der Waals surface area contributed by atoms with Gasteiger partial charge in [0.1, 0.15) is 5.69 Å². The highest BCUT2D eigenvalue weighted by Crippen LogP contribution is 2.25. The highest BCUT2D eigenvalue weighted by molar-refractivity contribution is 5.94. The van der Waals surface area contributed by atoms with Crippen molar-refractivity contribution in [1.29, 1.82) is 0 Å². The third kappa shape index (κ3) is 4.60. The van der Waals surface area contributed by atoms with Crippen LogP contribution in [0.15, 0.2) is 28.9 Å². The molecule has 32 heavy (non-hydrogen) atoms. The van der Waals surface area contributed by atoms with Gasteiger partial charge in [0, 0.05) is 62.6 Å². The van der Waals surface area contributed by atoms with Crippen molar-refractivity contribution in [3.8, 4) is 0 Å². The zero-order valence-electron chi connectivity index (χ0n) is 19.0. The maximum atomic E-state index is 12.5. The highest BCUT2D eigenvalue weighted by Gasteiger charge is 2.29. The third-order valence-corrected chi connectivity index (χ3v) is 7.41. The van der Waals surface area contributed by atoms with Gasteiger partial charge in [-0.15, -0.1) is 0 Å². The van der Waals surface area contributed by atoms with Crippen molar-refractivity contribution < 1.29 is 9.42 Å². The van der Waals surface area contributed by atoms with E-state index in [1.807, 2.05) is 19.1 Å². The van der Waals surface area contributed by atoms with Gasteiger partial charge in [0.15, 0.2) is 5.82 Å². The van der Waals surface area contributed by atoms with E-state index in [0.29, 0.717) is 12.1 Å². The molecule has 0 atom stereocenters. The van der Waals surface area contributed by atoms with Crippen LogP contribution in [-0.4, -0.2) is 72.5 Å². The molecule has 8 heteroatoms. The Labute approximate surface area is 189 Å². The smallest absolute Gasteiger partial charge is 0.251 e. The second kappa shape index (κ2) is 9.48. The fourth-order valence-electron chi connectivity index (χ4n) is 5.46. The molecule has 3 heterocycles. The number of benzene rings is 1. The summed E-state index contributed by atoms with van der Waals surface area (Å²) in [6.45, 7) is 8.13. The van der Waals surface area contributed by atoms with Crippen molar-refractivity contribution in [2.45, 2.75) is 57.5 Å². The van der Waals surface area contributed by atoms with E-state index in [-0.39, 0.29) is 5.91 Å². The Balaban J connectivity index is 1.09. The molecule has 5 rings (SSSR count). The summed E-state index contributed by atoms with van der Waals surface area (Å²) in [6.07, 6.45) is 7.04. The molecule has 8 nitrogen and oxygen atoms in total. The zero-order chi connectivity index (χ0) is 21.9. The van der Waals surface area contributed by atoms with Gasteiger partial charge in [-0.25, -0.2) is 4.63 Å². The Morgan fingerprint density at radius 2 is 1.59 bits per heavy atom. The number of piperidine rings is 1. The molecule has 0 spiro atoms. The normalized spacial score (nSPS) is 21.3. The van der Waals surface area contributed by atoms with E-state index in [1.165, 1.54) is 31.4 Å². The molecule has 2 aromatic rings. The third-order valence-electron chi connectivity index (χ3n) is 7.41. The molecule has 1 N–H and O–H groups in total. The van der Waals surface area contributed by atoms with Crippen LogP contribution < -0.4 is 15.1 Å². The average Bonchev–Trinajstić information content (AvgIpc) is 3.51. The van der Waals surface area contributed by atoms with Crippen molar-refractivity contribution in [3.05, 3.63) is 35.5 Å². The van der Waals surface area contributed by atoms with Gasteiger partial charge in [0.2, 0.25) is 0 Å². The predicted octanol–water partition coefficient (Wildman–Crippen LogP) is 2.84. The van der Waals surface area contributed by atoms with E-state index in [9.17, 15) is 4.79 Å². The predicted molar refractivity (Wildman–Crippen MR) is 124 cm³/mol. The minimum Gasteiger partial charge on any atom is -0.371 e. The summed E-state index contributed by atoms with van der Waals surface area (Å²) in [7, 11) is 0. The summed E-state index contributed by atoms with van der Waals surface area (Å²) < 4.78 is 4.86. The number of hydrogen-bond acceptors (Lipinski definition) is 7. The lowest BCUT2D eigenvalue weighted by molar-refractivity contribution is 0.0938. The number of carbonyl (C=O) groups is 1. The molecule has 0 bridgehead atoms. The number of aryl methyl sites for hydroxylation is 1. The lowest BCUT2D eigenvalue weighted by Crippen LogP contribution is -2.53. The van der Waals surface area contributed by atoms with Gasteiger partial charge >= 0.3 is 0 Å². The maximum Gasteiger partial charge on any atom is 0.251 e. The SMILES string of the molecule is Cc1nonc1N1CCN(C2CCN(c3ccc(C(=O)NC4CCCC4)cc3)CC2)CC1. The van der Waals surface area contributed by atoms with Crippen LogP contribution in [0, 0.1) is 6.92 Å². The van der Waals surface area contributed by atoms with Crippen LogP contribution >= 0.6 is 0 Å². The van der Waals surface area contributed by atoms with Crippen LogP contribution in [0.25, 0.3) is 0 Å². The molecule has 3 aliphatic rings. The first-order valence-electron chi connectivity index (χ1n) is 12.1. The largest absolute Gasteiger partial charge is 0.371 e. The summed E-state index contributed by atoms with van der Waals surface area (Å²) in [5, 5.41) is 11.1. The highest BCUT2D eigenvalue weighted by atomic mass is 16.6. The Hall–Kier alpha value is -2.61. The van der Waals surface area contributed by atoms with Crippen LogP contribution in [0.2, 0.25) is 0 Å². The van der Waals surface area contributed by atoms with Gasteiger partial charge in [-0.05, 0) is 62.0 Å². The number of rotatable bonds is 5. The molecule has 0 unspecified atom stereocenters. The maximum absolute atomic E-state index is 12.5. The van der Waals surface area contributed by atoms with Gasteiger partial charge < -0.3 is 15.1 Å². The number of piperazine rings is 1. The van der Waals surface area contributed by atoms with Crippen LogP contribution in [0.1, 0.15) is 54.6 Å². The Morgan fingerprint density at radius 3 is 2.22 bits per heavy atom. The number of aromatic nitrogens is 2. The molecule has 1 amide bonds. The van der Waals surface area contributed by atoms with Crippen LogP contribution in [-0.2, 0) is 0 Å². The molecule has 2 aliphatic heterocycles. The van der Waals surface area contributed by atoms with E-state index in [1.54, 1.807) is 0 Å². The lowest BCUT2D eigenvalue weighted by Gasteiger charge is -2.43. The van der Waals surface area contributed by atoms with Crippen LogP contribution in [0.3, 0.4) is 0 Å². The Morgan fingerprint density at radius 1 is 0.906 bits per heavy atom. The Bertz CT molecular complexity index is 891. The van der Waals surface area contributed by atoms with E-state index in [0.717, 1.165) is 69.2 Å². The molecule has 172 valence electrons. The molecule has 1 aromatic heterocycles. The minimum absolute atomic E-state index is 0.0675. The van der Waals surface area contributed by atoms with Crippen molar-refractivity contribution in [1.82, 2.24) is 20.5 Å². The topological polar surface area (TPSA) is 77.7 Å². The minimum atomic E-state index is 0.0675. The Kier molecular flexibility index (Phi) is 6.30. The second-order valence-electron chi connectivity index (χ2n) is 9.42. The molecule has 0 radical (unpaired) electrons. The van der Waals surface area contributed by atoms with Gasteiger partial charge in [-0.2, -0.15) is 0 Å². The average molecular weight is 439 g/mol. The molecule has 3 fully saturated rings. The van der Waals surface area contributed by atoms with Crippen molar-refractivity contribution in [3.63, 3.8) is 0 Å². The zero-order valence-corrected chi connectivity index (χ0v) is 19.0. The van der Waals surface area contributed by atoms with Gasteiger partial charge in [-0.1, -0.05) is 18.0 Å². The van der Waals surface area contributed by atoms with E-state index in [4.69, 9.17) is 4.63 Å². The summed E-state index contributed by atoms with van der Waals surface area (Å²) in [5.74, 6) is 0.956. The fourth-order valence-corrected chi connectivity index (χ4v) is 5.46. The number of anilines is 2. The van der Waals surface area contributed by atoms with Crippen molar-refractivity contribution in [2.75, 3.05) is 49.1 Å². The van der Waals surface area contributed by atoms with Crippen LogP contribution in [0.5, 0.6) is 0 Å². The summed E-state index contributed by atoms with van der Waals surface area (Å²) >= 11 is 0. The van der Waals surface area contributed by atoms with E-state index >= 15 is 0 Å². The molecular formula is C24H34N6O2. The van der Waals surface area contributed by atoms with E-state index in [2.05, 4.69) is 42.5 Å². The molecule has 1 aromatic carbocycles. The molecule has 2 saturated heterocycles. The summed E-state index contributed by atoms with van der Waals surface area (Å²) in [6, 6.07) is 9.17. The quantitative estimate of drug-likeness (QED) is 0.769. The summed E-state index contributed by atoms with van der Waals surface area (Å²) in [4.78, 5) is 19.8. The van der Waals surface area contributed by atoms with E-state index < -0.39 is 0 Å².